The minimum absolute atomic E-state index is 0.293. The van der Waals surface area contributed by atoms with Gasteiger partial charge in [0.25, 0.3) is 0 Å². The summed E-state index contributed by atoms with van der Waals surface area (Å²) in [4.78, 5) is 2.12. The SMILES string of the molecule is CN(Cc1ccccc1S(C)(=O)=O)Cc1c(F)cccc1Cl. The summed E-state index contributed by atoms with van der Waals surface area (Å²) >= 11 is 6.02. The summed E-state index contributed by atoms with van der Waals surface area (Å²) in [5, 5.41) is 0.364. The van der Waals surface area contributed by atoms with Gasteiger partial charge in [0.1, 0.15) is 5.82 Å². The van der Waals surface area contributed by atoms with Gasteiger partial charge in [0.2, 0.25) is 0 Å². The van der Waals surface area contributed by atoms with E-state index in [0.29, 0.717) is 34.1 Å². The van der Waals surface area contributed by atoms with E-state index < -0.39 is 9.84 Å². The predicted octanol–water partition coefficient (Wildman–Crippen LogP) is 3.51. The van der Waals surface area contributed by atoms with E-state index in [4.69, 9.17) is 11.6 Å². The van der Waals surface area contributed by atoms with Gasteiger partial charge in [-0.2, -0.15) is 0 Å². The zero-order valence-electron chi connectivity index (χ0n) is 12.4. The molecule has 22 heavy (non-hydrogen) atoms. The van der Waals surface area contributed by atoms with E-state index in [1.54, 1.807) is 43.4 Å². The molecule has 0 spiro atoms. The standard InChI is InChI=1S/C16H17ClFNO2S/c1-19(11-13-14(17)7-5-8-15(13)18)10-12-6-3-4-9-16(12)22(2,20)21/h3-9H,10-11H2,1-2H3. The van der Waals surface area contributed by atoms with Gasteiger partial charge in [0.15, 0.2) is 9.84 Å². The van der Waals surface area contributed by atoms with Gasteiger partial charge in [-0.05, 0) is 30.8 Å². The minimum atomic E-state index is -3.30. The van der Waals surface area contributed by atoms with Crippen molar-refractivity contribution in [2.75, 3.05) is 13.3 Å². The molecular weight excluding hydrogens is 325 g/mol. The first kappa shape index (κ1) is 16.9. The molecule has 0 aromatic heterocycles. The number of sulfone groups is 1. The van der Waals surface area contributed by atoms with Gasteiger partial charge in [0.05, 0.1) is 4.90 Å². The Bertz CT molecular complexity index is 757. The maximum absolute atomic E-state index is 13.8. The monoisotopic (exact) mass is 341 g/mol. The molecule has 0 aliphatic carbocycles. The largest absolute Gasteiger partial charge is 0.298 e. The Hall–Kier alpha value is -1.43. The van der Waals surface area contributed by atoms with Crippen molar-refractivity contribution >= 4 is 21.4 Å². The Morgan fingerprint density at radius 3 is 2.41 bits per heavy atom. The normalized spacial score (nSPS) is 11.9. The molecule has 0 saturated carbocycles. The van der Waals surface area contributed by atoms with Crippen molar-refractivity contribution < 1.29 is 12.8 Å². The van der Waals surface area contributed by atoms with E-state index in [1.165, 1.54) is 12.3 Å². The van der Waals surface area contributed by atoms with Crippen molar-refractivity contribution in [3.05, 3.63) is 64.4 Å². The summed E-state index contributed by atoms with van der Waals surface area (Å²) in [5.74, 6) is -0.365. The summed E-state index contributed by atoms with van der Waals surface area (Å²) in [7, 11) is -1.50. The molecule has 0 unspecified atom stereocenters. The molecule has 0 amide bonds. The highest BCUT2D eigenvalue weighted by Crippen LogP contribution is 2.22. The first-order valence-corrected chi connectivity index (χ1v) is 8.95. The van der Waals surface area contributed by atoms with Gasteiger partial charge in [-0.15, -0.1) is 0 Å². The van der Waals surface area contributed by atoms with Crippen molar-refractivity contribution in [1.29, 1.82) is 0 Å². The minimum Gasteiger partial charge on any atom is -0.298 e. The fourth-order valence-electron chi connectivity index (χ4n) is 2.30. The fraction of sp³-hybridized carbons (Fsp3) is 0.250. The maximum atomic E-state index is 13.8. The molecule has 0 aliphatic heterocycles. The van der Waals surface area contributed by atoms with Crippen LogP contribution in [0.5, 0.6) is 0 Å². The smallest absolute Gasteiger partial charge is 0.175 e. The van der Waals surface area contributed by atoms with Crippen molar-refractivity contribution in [1.82, 2.24) is 4.90 Å². The third-order valence-corrected chi connectivity index (χ3v) is 4.85. The van der Waals surface area contributed by atoms with E-state index in [1.807, 2.05) is 4.90 Å². The number of hydrogen-bond donors (Lipinski definition) is 0. The quantitative estimate of drug-likeness (QED) is 0.835. The van der Waals surface area contributed by atoms with Crippen molar-refractivity contribution in [2.45, 2.75) is 18.0 Å². The second kappa shape index (κ2) is 6.77. The second-order valence-corrected chi connectivity index (χ2v) is 7.64. The van der Waals surface area contributed by atoms with Crippen LogP contribution in [0.2, 0.25) is 5.02 Å². The van der Waals surface area contributed by atoms with Crippen LogP contribution in [0.15, 0.2) is 47.4 Å². The molecule has 0 aliphatic rings. The zero-order valence-corrected chi connectivity index (χ0v) is 14.0. The van der Waals surface area contributed by atoms with E-state index >= 15 is 0 Å². The van der Waals surface area contributed by atoms with Gasteiger partial charge < -0.3 is 0 Å². The number of nitrogens with zero attached hydrogens (tertiary/aromatic N) is 1. The van der Waals surface area contributed by atoms with Crippen LogP contribution >= 0.6 is 11.6 Å². The summed E-state index contributed by atoms with van der Waals surface area (Å²) in [6, 6.07) is 11.4. The highest BCUT2D eigenvalue weighted by molar-refractivity contribution is 7.90. The van der Waals surface area contributed by atoms with E-state index in [9.17, 15) is 12.8 Å². The lowest BCUT2D eigenvalue weighted by atomic mass is 10.1. The lowest BCUT2D eigenvalue weighted by molar-refractivity contribution is 0.311. The Morgan fingerprint density at radius 1 is 1.09 bits per heavy atom. The summed E-state index contributed by atoms with van der Waals surface area (Å²) in [5.41, 5.74) is 1.09. The van der Waals surface area contributed by atoms with Gasteiger partial charge in [0, 0.05) is 29.9 Å². The van der Waals surface area contributed by atoms with Gasteiger partial charge >= 0.3 is 0 Å². The molecule has 0 bridgehead atoms. The molecule has 0 atom stereocenters. The van der Waals surface area contributed by atoms with Crippen LogP contribution in [-0.4, -0.2) is 26.6 Å². The second-order valence-electron chi connectivity index (χ2n) is 5.25. The molecule has 3 nitrogen and oxygen atoms in total. The predicted molar refractivity (Wildman–Crippen MR) is 86.1 cm³/mol. The molecule has 2 aromatic carbocycles. The van der Waals surface area contributed by atoms with Gasteiger partial charge in [-0.1, -0.05) is 35.9 Å². The first-order valence-electron chi connectivity index (χ1n) is 6.68. The molecule has 2 aromatic rings. The first-order chi connectivity index (χ1) is 10.3. The topological polar surface area (TPSA) is 37.4 Å². The van der Waals surface area contributed by atoms with Crippen LogP contribution in [0.1, 0.15) is 11.1 Å². The molecule has 0 saturated heterocycles. The number of rotatable bonds is 5. The molecule has 0 N–H and O–H groups in total. The fourth-order valence-corrected chi connectivity index (χ4v) is 3.45. The number of benzene rings is 2. The average Bonchev–Trinajstić information content (AvgIpc) is 2.42. The lowest BCUT2D eigenvalue weighted by Gasteiger charge is -2.19. The zero-order chi connectivity index (χ0) is 16.3. The summed E-state index contributed by atoms with van der Waals surface area (Å²) in [6.07, 6.45) is 1.18. The third-order valence-electron chi connectivity index (χ3n) is 3.30. The Kier molecular flexibility index (Phi) is 5.21. The van der Waals surface area contributed by atoms with E-state index in [2.05, 4.69) is 0 Å². The molecule has 0 radical (unpaired) electrons. The van der Waals surface area contributed by atoms with Crippen LogP contribution in [0.25, 0.3) is 0 Å². The molecule has 118 valence electrons. The molecular formula is C16H17ClFNO2S. The summed E-state index contributed by atoms with van der Waals surface area (Å²) < 4.78 is 37.4. The van der Waals surface area contributed by atoms with Crippen LogP contribution in [0.4, 0.5) is 4.39 Å². The van der Waals surface area contributed by atoms with Crippen LogP contribution in [0.3, 0.4) is 0 Å². The van der Waals surface area contributed by atoms with E-state index in [-0.39, 0.29) is 5.82 Å². The van der Waals surface area contributed by atoms with Gasteiger partial charge in [-0.3, -0.25) is 4.90 Å². The van der Waals surface area contributed by atoms with Crippen molar-refractivity contribution in [2.24, 2.45) is 0 Å². The average molecular weight is 342 g/mol. The third kappa shape index (κ3) is 4.06. The maximum Gasteiger partial charge on any atom is 0.175 e. The number of hydrogen-bond acceptors (Lipinski definition) is 3. The molecule has 2 rings (SSSR count). The van der Waals surface area contributed by atoms with E-state index in [0.717, 1.165) is 0 Å². The van der Waals surface area contributed by atoms with Crippen molar-refractivity contribution in [3.63, 3.8) is 0 Å². The Morgan fingerprint density at radius 2 is 1.77 bits per heavy atom. The highest BCUT2D eigenvalue weighted by atomic mass is 35.5. The van der Waals surface area contributed by atoms with Crippen molar-refractivity contribution in [3.8, 4) is 0 Å². The van der Waals surface area contributed by atoms with Crippen LogP contribution in [-0.2, 0) is 22.9 Å². The lowest BCUT2D eigenvalue weighted by Crippen LogP contribution is -2.19. The Labute approximate surface area is 135 Å². The highest BCUT2D eigenvalue weighted by Gasteiger charge is 2.15. The molecule has 0 fully saturated rings. The molecule has 0 heterocycles. The van der Waals surface area contributed by atoms with Gasteiger partial charge in [-0.25, -0.2) is 12.8 Å². The Balaban J connectivity index is 2.22. The number of halogens is 2. The molecule has 6 heteroatoms. The summed E-state index contributed by atoms with van der Waals surface area (Å²) in [6.45, 7) is 0.678. The van der Waals surface area contributed by atoms with Crippen LogP contribution < -0.4 is 0 Å². The van der Waals surface area contributed by atoms with Crippen LogP contribution in [0, 0.1) is 5.82 Å².